The summed E-state index contributed by atoms with van der Waals surface area (Å²) in [5.74, 6) is 5.56. The van der Waals surface area contributed by atoms with Gasteiger partial charge < -0.3 is 4.74 Å². The average Bonchev–Trinajstić information content (AvgIpc) is 2.43. The van der Waals surface area contributed by atoms with Gasteiger partial charge in [0.15, 0.2) is 0 Å². The molecule has 94 valence electrons. The monoisotopic (exact) mass is 245 g/mol. The molecule has 0 atom stereocenters. The van der Waals surface area contributed by atoms with E-state index in [4.69, 9.17) is 10.6 Å². The van der Waals surface area contributed by atoms with Crippen molar-refractivity contribution in [1.82, 2.24) is 10.4 Å². The van der Waals surface area contributed by atoms with Crippen LogP contribution in [0.3, 0.4) is 0 Å². The number of ether oxygens (including phenoxy) is 1. The summed E-state index contributed by atoms with van der Waals surface area (Å²) < 4.78 is 5.55. The van der Waals surface area contributed by atoms with Gasteiger partial charge in [-0.15, -0.1) is 0 Å². The summed E-state index contributed by atoms with van der Waals surface area (Å²) in [4.78, 5) is 15.1. The number of carbonyl (C=O) groups is 1. The molecule has 0 saturated heterocycles. The van der Waals surface area contributed by atoms with Gasteiger partial charge in [0.05, 0.1) is 12.1 Å². The summed E-state index contributed by atoms with van der Waals surface area (Å²) in [6.45, 7) is 0.478. The predicted molar refractivity (Wildman–Crippen MR) is 68.8 cm³/mol. The van der Waals surface area contributed by atoms with E-state index in [-0.39, 0.29) is 5.91 Å². The maximum Gasteiger partial charge on any atom is 0.234 e. The molecule has 5 nitrogen and oxygen atoms in total. The fraction of sp³-hybridized carbons (Fsp3) is 0.231. The van der Waals surface area contributed by atoms with Crippen molar-refractivity contribution in [3.05, 3.63) is 36.5 Å². The van der Waals surface area contributed by atoms with Crippen LogP contribution < -0.4 is 16.0 Å². The second-order valence-electron chi connectivity index (χ2n) is 3.88. The molecule has 0 unspecified atom stereocenters. The van der Waals surface area contributed by atoms with Gasteiger partial charge in [-0.3, -0.25) is 15.2 Å². The minimum atomic E-state index is -0.182. The number of carbonyl (C=O) groups excluding carboxylic acids is 1. The van der Waals surface area contributed by atoms with Gasteiger partial charge in [0.25, 0.3) is 0 Å². The van der Waals surface area contributed by atoms with Crippen LogP contribution in [0.15, 0.2) is 36.5 Å². The van der Waals surface area contributed by atoms with E-state index < -0.39 is 0 Å². The van der Waals surface area contributed by atoms with Crippen LogP contribution in [-0.4, -0.2) is 17.5 Å². The summed E-state index contributed by atoms with van der Waals surface area (Å²) >= 11 is 0. The third kappa shape index (κ3) is 3.18. The molecule has 3 N–H and O–H groups in total. The Hall–Kier alpha value is -2.14. The highest BCUT2D eigenvalue weighted by Gasteiger charge is 2.00. The fourth-order valence-electron chi connectivity index (χ4n) is 1.63. The number of rotatable bonds is 5. The minimum Gasteiger partial charge on any atom is -0.494 e. The molecular weight excluding hydrogens is 230 g/mol. The van der Waals surface area contributed by atoms with Crippen molar-refractivity contribution >= 4 is 16.8 Å². The molecule has 0 spiro atoms. The van der Waals surface area contributed by atoms with Crippen LogP contribution in [0, 0.1) is 0 Å². The van der Waals surface area contributed by atoms with Gasteiger partial charge in [-0.2, -0.15) is 0 Å². The first-order valence-corrected chi connectivity index (χ1v) is 5.76. The van der Waals surface area contributed by atoms with E-state index in [0.29, 0.717) is 19.4 Å². The van der Waals surface area contributed by atoms with Crippen molar-refractivity contribution in [1.29, 1.82) is 0 Å². The van der Waals surface area contributed by atoms with E-state index >= 15 is 0 Å². The van der Waals surface area contributed by atoms with Gasteiger partial charge in [-0.25, -0.2) is 5.84 Å². The molecule has 1 aromatic heterocycles. The average molecular weight is 245 g/mol. The second-order valence-corrected chi connectivity index (χ2v) is 3.88. The minimum absolute atomic E-state index is 0.182. The number of fused-ring (bicyclic) bond motifs is 1. The van der Waals surface area contributed by atoms with E-state index in [1.54, 1.807) is 6.20 Å². The lowest BCUT2D eigenvalue weighted by molar-refractivity contribution is -0.121. The van der Waals surface area contributed by atoms with Crippen molar-refractivity contribution in [2.24, 2.45) is 5.84 Å². The number of hydrogen-bond donors (Lipinski definition) is 2. The number of aromatic nitrogens is 1. The van der Waals surface area contributed by atoms with Gasteiger partial charge in [0.2, 0.25) is 5.91 Å². The molecule has 0 saturated carbocycles. The van der Waals surface area contributed by atoms with Crippen molar-refractivity contribution in [2.75, 3.05) is 6.61 Å². The zero-order valence-corrected chi connectivity index (χ0v) is 9.93. The number of amides is 1. The maximum absolute atomic E-state index is 10.9. The lowest BCUT2D eigenvalue weighted by atomic mass is 10.2. The number of nitrogens with two attached hydrogens (primary N) is 1. The molecule has 1 aromatic carbocycles. The Kier molecular flexibility index (Phi) is 4.09. The smallest absolute Gasteiger partial charge is 0.234 e. The zero-order valence-electron chi connectivity index (χ0n) is 9.93. The van der Waals surface area contributed by atoms with Crippen LogP contribution in [0.2, 0.25) is 0 Å². The van der Waals surface area contributed by atoms with Crippen LogP contribution in [0.1, 0.15) is 12.8 Å². The van der Waals surface area contributed by atoms with E-state index in [2.05, 4.69) is 10.4 Å². The summed E-state index contributed by atoms with van der Waals surface area (Å²) in [5, 5.41) is 1.08. The summed E-state index contributed by atoms with van der Waals surface area (Å²) in [6.07, 6.45) is 2.74. The van der Waals surface area contributed by atoms with Gasteiger partial charge in [0, 0.05) is 24.1 Å². The van der Waals surface area contributed by atoms with Crippen molar-refractivity contribution < 1.29 is 9.53 Å². The van der Waals surface area contributed by atoms with Crippen LogP contribution in [0.5, 0.6) is 5.75 Å². The first kappa shape index (κ1) is 12.3. The molecule has 0 aliphatic heterocycles. The number of nitrogens with one attached hydrogen (secondary N) is 1. The van der Waals surface area contributed by atoms with E-state index in [9.17, 15) is 4.79 Å². The van der Waals surface area contributed by atoms with Crippen LogP contribution in [0.25, 0.3) is 10.9 Å². The Morgan fingerprint density at radius 3 is 3.11 bits per heavy atom. The number of hydrazine groups is 1. The van der Waals surface area contributed by atoms with E-state index in [0.717, 1.165) is 16.7 Å². The molecule has 0 aliphatic rings. The molecular formula is C13H15N3O2. The zero-order chi connectivity index (χ0) is 12.8. The van der Waals surface area contributed by atoms with Gasteiger partial charge >= 0.3 is 0 Å². The van der Waals surface area contributed by atoms with Crippen molar-refractivity contribution in [3.8, 4) is 5.75 Å². The quantitative estimate of drug-likeness (QED) is 0.361. The molecule has 5 heteroatoms. The lowest BCUT2D eigenvalue weighted by Gasteiger charge is -2.06. The summed E-state index contributed by atoms with van der Waals surface area (Å²) in [6, 6.07) is 9.64. The number of hydrogen-bond acceptors (Lipinski definition) is 4. The first-order valence-electron chi connectivity index (χ1n) is 5.76. The highest BCUT2D eigenvalue weighted by atomic mass is 16.5. The lowest BCUT2D eigenvalue weighted by Crippen LogP contribution is -2.29. The Morgan fingerprint density at radius 1 is 1.39 bits per heavy atom. The van der Waals surface area contributed by atoms with Crippen LogP contribution in [0.4, 0.5) is 0 Å². The van der Waals surface area contributed by atoms with E-state index in [1.807, 2.05) is 30.3 Å². The fourth-order valence-corrected chi connectivity index (χ4v) is 1.63. The Labute approximate surface area is 105 Å². The third-order valence-corrected chi connectivity index (χ3v) is 2.56. The van der Waals surface area contributed by atoms with Crippen molar-refractivity contribution in [2.45, 2.75) is 12.8 Å². The first-order chi connectivity index (χ1) is 8.79. The molecule has 2 aromatic rings. The molecule has 0 fully saturated rings. The van der Waals surface area contributed by atoms with Crippen molar-refractivity contribution in [3.63, 3.8) is 0 Å². The molecule has 0 radical (unpaired) electrons. The third-order valence-electron chi connectivity index (χ3n) is 2.56. The molecule has 18 heavy (non-hydrogen) atoms. The topological polar surface area (TPSA) is 77.2 Å². The van der Waals surface area contributed by atoms with Crippen LogP contribution >= 0.6 is 0 Å². The Morgan fingerprint density at radius 2 is 2.28 bits per heavy atom. The van der Waals surface area contributed by atoms with Gasteiger partial charge in [0.1, 0.15) is 5.75 Å². The Bertz CT molecular complexity index is 543. The SMILES string of the molecule is NNC(=O)CCCOc1ccc2cccnc2c1. The predicted octanol–water partition coefficient (Wildman–Crippen LogP) is 1.38. The normalized spacial score (nSPS) is 10.3. The number of pyridine rings is 1. The largest absolute Gasteiger partial charge is 0.494 e. The van der Waals surface area contributed by atoms with Crippen LogP contribution in [-0.2, 0) is 4.79 Å². The second kappa shape index (κ2) is 5.97. The number of benzene rings is 1. The number of nitrogens with zero attached hydrogens (tertiary/aromatic N) is 1. The maximum atomic E-state index is 10.9. The van der Waals surface area contributed by atoms with E-state index in [1.165, 1.54) is 0 Å². The standard InChI is InChI=1S/C13H15N3O2/c14-16-13(17)4-2-8-18-11-6-5-10-3-1-7-15-12(10)9-11/h1,3,5-7,9H,2,4,8,14H2,(H,16,17). The summed E-state index contributed by atoms with van der Waals surface area (Å²) in [7, 11) is 0. The highest BCUT2D eigenvalue weighted by molar-refractivity contribution is 5.79. The molecule has 0 aliphatic carbocycles. The molecule has 1 amide bonds. The van der Waals surface area contributed by atoms with Gasteiger partial charge in [-0.05, 0) is 24.6 Å². The molecule has 2 rings (SSSR count). The highest BCUT2D eigenvalue weighted by Crippen LogP contribution is 2.18. The Balaban J connectivity index is 1.90. The van der Waals surface area contributed by atoms with Gasteiger partial charge in [-0.1, -0.05) is 6.07 Å². The summed E-state index contributed by atoms with van der Waals surface area (Å²) in [5.41, 5.74) is 2.98. The molecule has 1 heterocycles. The molecule has 0 bridgehead atoms.